The van der Waals surface area contributed by atoms with Crippen molar-refractivity contribution in [2.75, 3.05) is 0 Å². The highest BCUT2D eigenvalue weighted by molar-refractivity contribution is 5.74. The number of hydrogen-bond acceptors (Lipinski definition) is 4. The van der Waals surface area contributed by atoms with Gasteiger partial charge >= 0.3 is 0 Å². The normalized spacial score (nSPS) is 10.7. The van der Waals surface area contributed by atoms with Crippen LogP contribution in [0.15, 0.2) is 73.3 Å². The van der Waals surface area contributed by atoms with Gasteiger partial charge in [0.2, 0.25) is 0 Å². The molecule has 0 unspecified atom stereocenters. The zero-order chi connectivity index (χ0) is 30.2. The van der Waals surface area contributed by atoms with E-state index in [2.05, 4.69) is 79.1 Å². The maximum absolute atomic E-state index is 9.81. The lowest BCUT2D eigenvalue weighted by molar-refractivity contribution is -0.116. The van der Waals surface area contributed by atoms with E-state index < -0.39 is 0 Å². The molecule has 0 amide bonds. The molecule has 2 heterocycles. The molecule has 0 saturated heterocycles. The van der Waals surface area contributed by atoms with Crippen molar-refractivity contribution in [1.82, 2.24) is 15.3 Å². The van der Waals surface area contributed by atoms with Gasteiger partial charge < -0.3 is 10.1 Å². The number of pyridine rings is 2. The Morgan fingerprint density at radius 2 is 1.57 bits per heavy atom. The van der Waals surface area contributed by atoms with Crippen LogP contribution in [-0.2, 0) is 11.3 Å². The Morgan fingerprint density at radius 3 is 2.05 bits per heavy atom. The van der Waals surface area contributed by atoms with Crippen molar-refractivity contribution in [3.63, 3.8) is 0 Å². The molecule has 0 saturated carbocycles. The lowest BCUT2D eigenvalue weighted by Gasteiger charge is -2.08. The lowest BCUT2D eigenvalue weighted by atomic mass is 10.1. The molecule has 0 radical (unpaired) electrons. The van der Waals surface area contributed by atoms with Gasteiger partial charge in [-0.05, 0) is 80.0 Å². The number of ketones is 1. The van der Waals surface area contributed by atoms with Crippen molar-refractivity contribution < 1.29 is 4.79 Å². The third kappa shape index (κ3) is 17.9. The van der Waals surface area contributed by atoms with Crippen molar-refractivity contribution >= 4 is 17.9 Å². The van der Waals surface area contributed by atoms with E-state index in [4.69, 9.17) is 0 Å². The van der Waals surface area contributed by atoms with Crippen molar-refractivity contribution in [1.29, 1.82) is 0 Å². The van der Waals surface area contributed by atoms with Crippen LogP contribution in [0.25, 0.3) is 12.2 Å². The Bertz CT molecular complexity index is 1210. The minimum absolute atomic E-state index is 0.255. The minimum Gasteiger partial charge on any atom is -0.381 e. The predicted molar refractivity (Wildman–Crippen MR) is 174 cm³/mol. The topological polar surface area (TPSA) is 54.9 Å². The number of aryl methyl sites for hydroxylation is 3. The van der Waals surface area contributed by atoms with E-state index in [1.54, 1.807) is 13.1 Å². The second-order valence-electron chi connectivity index (χ2n) is 9.78. The Morgan fingerprint density at radius 1 is 0.925 bits per heavy atom. The molecular formula is C36H53N3O. The number of carbonyl (C=O) groups is 1. The molecule has 218 valence electrons. The summed E-state index contributed by atoms with van der Waals surface area (Å²) in [6.07, 6.45) is 17.3. The largest absolute Gasteiger partial charge is 0.381 e. The molecule has 0 atom stereocenters. The number of carbonyl (C=O) groups excluding carboxylic acids is 1. The van der Waals surface area contributed by atoms with Crippen molar-refractivity contribution in [3.05, 3.63) is 106 Å². The van der Waals surface area contributed by atoms with Crippen LogP contribution >= 0.6 is 0 Å². The van der Waals surface area contributed by atoms with Crippen molar-refractivity contribution in [2.45, 2.75) is 100 Å². The number of hydrogen-bond donors (Lipinski definition) is 1. The Hall–Kier alpha value is -3.53. The van der Waals surface area contributed by atoms with Gasteiger partial charge in [-0.2, -0.15) is 0 Å². The first-order valence-electron chi connectivity index (χ1n) is 14.6. The second kappa shape index (κ2) is 23.4. The highest BCUT2D eigenvalue weighted by atomic mass is 16.1. The third-order valence-corrected chi connectivity index (χ3v) is 6.12. The molecule has 2 aromatic heterocycles. The average molecular weight is 544 g/mol. The van der Waals surface area contributed by atoms with Gasteiger partial charge in [0.15, 0.2) is 0 Å². The molecule has 4 heteroatoms. The van der Waals surface area contributed by atoms with Crippen LogP contribution in [0.4, 0.5) is 0 Å². The third-order valence-electron chi connectivity index (χ3n) is 6.12. The highest BCUT2D eigenvalue weighted by Gasteiger charge is 1.97. The molecule has 0 aliphatic heterocycles. The van der Waals surface area contributed by atoms with Crippen LogP contribution in [0.2, 0.25) is 0 Å². The summed E-state index contributed by atoms with van der Waals surface area (Å²) < 4.78 is 0. The van der Waals surface area contributed by atoms with Gasteiger partial charge in [0, 0.05) is 42.9 Å². The summed E-state index contributed by atoms with van der Waals surface area (Å²) in [5, 5.41) is 5.68. The van der Waals surface area contributed by atoms with Crippen LogP contribution in [0.1, 0.15) is 95.5 Å². The van der Waals surface area contributed by atoms with E-state index in [0.29, 0.717) is 6.42 Å². The van der Waals surface area contributed by atoms with Crippen LogP contribution < -0.4 is 15.8 Å². The molecule has 0 fully saturated rings. The zero-order valence-electron chi connectivity index (χ0n) is 26.4. The van der Waals surface area contributed by atoms with Gasteiger partial charge in [-0.3, -0.25) is 9.97 Å². The van der Waals surface area contributed by atoms with E-state index in [0.717, 1.165) is 28.4 Å². The number of allylic oxidation sites excluding steroid dienone is 1. The first-order valence-corrected chi connectivity index (χ1v) is 14.6. The summed E-state index contributed by atoms with van der Waals surface area (Å²) in [5.74, 6) is 0.255. The Balaban J connectivity index is 0.000000650. The van der Waals surface area contributed by atoms with Gasteiger partial charge in [-0.1, -0.05) is 95.9 Å². The fraction of sp³-hybridized carbons (Fsp3) is 0.417. The van der Waals surface area contributed by atoms with E-state index in [1.165, 1.54) is 48.8 Å². The molecule has 0 bridgehead atoms. The van der Waals surface area contributed by atoms with Crippen LogP contribution in [-0.4, -0.2) is 15.8 Å². The molecule has 3 aromatic rings. The Labute approximate surface area is 244 Å². The highest BCUT2D eigenvalue weighted by Crippen LogP contribution is 2.07. The van der Waals surface area contributed by atoms with Gasteiger partial charge in [0.25, 0.3) is 0 Å². The molecule has 1 aromatic carbocycles. The molecule has 40 heavy (non-hydrogen) atoms. The van der Waals surface area contributed by atoms with Gasteiger partial charge in [-0.25, -0.2) is 0 Å². The molecule has 0 spiro atoms. The standard InChI is InChI=1S/C19H22N2.C7H16.C6H7N.C4H8O/c1-5-19-16(4)20-11-10-17(19)12-15(3)21-13-18-9-7-6-8-14(18)2;1-3-5-7-6-4-2;1-6-3-2-4-7-5-6;1-3-4(2)5/h5-12,21H,3,13H2,1-2,4H3;3-7H2,1-2H3;2-5H,1H3;3H2,1-2H3/b17-12-,19-5-;;;. The SMILES string of the molecule is C=C(/C=c1/ccnc(C)/c1=C/C)NCc1ccccc1C.CCC(C)=O.CCCCCCC.Cc1cccnc1. The summed E-state index contributed by atoms with van der Waals surface area (Å²) in [7, 11) is 0. The smallest absolute Gasteiger partial charge is 0.129 e. The number of nitrogens with zero attached hydrogens (tertiary/aromatic N) is 2. The summed E-state index contributed by atoms with van der Waals surface area (Å²) in [6.45, 7) is 21.0. The number of Topliss-reactive ketones (excluding diaryl/α,β-unsaturated/α-hetero) is 1. The van der Waals surface area contributed by atoms with E-state index in [9.17, 15) is 4.79 Å². The second-order valence-corrected chi connectivity index (χ2v) is 9.78. The summed E-state index contributed by atoms with van der Waals surface area (Å²) in [5.41, 5.74) is 5.74. The Kier molecular flexibility index (Phi) is 21.3. The monoisotopic (exact) mass is 543 g/mol. The predicted octanol–water partition coefficient (Wildman–Crippen LogP) is 7.93. The molecule has 0 aliphatic carbocycles. The molecule has 1 N–H and O–H groups in total. The number of rotatable bonds is 9. The van der Waals surface area contributed by atoms with Crippen LogP contribution in [0, 0.1) is 20.8 Å². The van der Waals surface area contributed by atoms with Crippen LogP contribution in [0.3, 0.4) is 0 Å². The van der Waals surface area contributed by atoms with E-state index in [1.807, 2.05) is 58.3 Å². The van der Waals surface area contributed by atoms with Crippen molar-refractivity contribution in [2.24, 2.45) is 0 Å². The van der Waals surface area contributed by atoms with Gasteiger partial charge in [-0.15, -0.1) is 0 Å². The maximum atomic E-state index is 9.81. The number of nitrogens with one attached hydrogen (secondary N) is 1. The molecular weight excluding hydrogens is 490 g/mol. The number of aromatic nitrogens is 2. The fourth-order valence-corrected chi connectivity index (χ4v) is 3.48. The zero-order valence-corrected chi connectivity index (χ0v) is 26.4. The first kappa shape index (κ1) is 36.5. The molecule has 3 rings (SSSR count). The van der Waals surface area contributed by atoms with E-state index in [-0.39, 0.29) is 5.78 Å². The average Bonchev–Trinajstić information content (AvgIpc) is 2.94. The summed E-state index contributed by atoms with van der Waals surface area (Å²) >= 11 is 0. The maximum Gasteiger partial charge on any atom is 0.129 e. The number of benzene rings is 1. The van der Waals surface area contributed by atoms with Gasteiger partial charge in [0.05, 0.1) is 0 Å². The molecule has 4 nitrogen and oxygen atoms in total. The fourth-order valence-electron chi connectivity index (χ4n) is 3.48. The summed E-state index contributed by atoms with van der Waals surface area (Å²) in [6, 6.07) is 14.3. The molecule has 0 aliphatic rings. The summed E-state index contributed by atoms with van der Waals surface area (Å²) in [4.78, 5) is 18.0. The lowest BCUT2D eigenvalue weighted by Crippen LogP contribution is -2.29. The van der Waals surface area contributed by atoms with E-state index >= 15 is 0 Å². The van der Waals surface area contributed by atoms with Crippen molar-refractivity contribution in [3.8, 4) is 0 Å². The van der Waals surface area contributed by atoms with Crippen LogP contribution in [0.5, 0.6) is 0 Å². The number of unbranched alkanes of at least 4 members (excludes halogenated alkanes) is 4. The minimum atomic E-state index is 0.255. The quantitative estimate of drug-likeness (QED) is 0.278. The van der Waals surface area contributed by atoms with Gasteiger partial charge in [0.1, 0.15) is 5.78 Å². The first-order chi connectivity index (χ1) is 19.2.